The van der Waals surface area contributed by atoms with Crippen LogP contribution in [0, 0.1) is 11.6 Å². The van der Waals surface area contributed by atoms with Crippen molar-refractivity contribution in [3.8, 4) is 11.4 Å². The lowest BCUT2D eigenvalue weighted by molar-refractivity contribution is 0.0951. The Morgan fingerprint density at radius 1 is 1.10 bits per heavy atom. The molecule has 1 heterocycles. The fourth-order valence-corrected chi connectivity index (χ4v) is 3.81. The van der Waals surface area contributed by atoms with Gasteiger partial charge in [0, 0.05) is 28.8 Å². The molecule has 148 valence electrons. The van der Waals surface area contributed by atoms with Gasteiger partial charge in [0.05, 0.1) is 5.41 Å². The molecule has 1 N–H and O–H groups in total. The van der Waals surface area contributed by atoms with Gasteiger partial charge in [-0.1, -0.05) is 29.8 Å². The lowest BCUT2D eigenvalue weighted by Crippen LogP contribution is -2.36. The molecule has 2 saturated carbocycles. The van der Waals surface area contributed by atoms with E-state index in [1.807, 2.05) is 0 Å². The van der Waals surface area contributed by atoms with Crippen molar-refractivity contribution < 1.29 is 18.1 Å². The second kappa shape index (κ2) is 6.76. The van der Waals surface area contributed by atoms with Gasteiger partial charge < -0.3 is 9.84 Å². The van der Waals surface area contributed by atoms with Crippen LogP contribution in [0.15, 0.2) is 47.0 Å². The highest BCUT2D eigenvalue weighted by atomic mass is 19.1. The summed E-state index contributed by atoms with van der Waals surface area (Å²) in [6.45, 7) is 0. The first-order chi connectivity index (χ1) is 14.0. The Bertz CT molecular complexity index is 1070. The van der Waals surface area contributed by atoms with E-state index in [-0.39, 0.29) is 5.91 Å². The van der Waals surface area contributed by atoms with Gasteiger partial charge in [0.25, 0.3) is 5.91 Å². The maximum absolute atomic E-state index is 14.4. The maximum atomic E-state index is 14.4. The molecule has 0 bridgehead atoms. The molecule has 5 rings (SSSR count). The first-order valence-electron chi connectivity index (χ1n) is 9.76. The summed E-state index contributed by atoms with van der Waals surface area (Å²) in [5.41, 5.74) is 0.949. The molecule has 2 fully saturated rings. The van der Waals surface area contributed by atoms with Crippen LogP contribution in [0.5, 0.6) is 0 Å². The quantitative estimate of drug-likeness (QED) is 0.696. The molecular weight excluding hydrogens is 376 g/mol. The van der Waals surface area contributed by atoms with Crippen molar-refractivity contribution in [3.63, 3.8) is 0 Å². The SMILES string of the molecule is O=C(NC1CC1)c1ccc(-c2noc(C3(c4ccc(F)cc4F)CCC3)n2)cc1. The monoisotopic (exact) mass is 395 g/mol. The molecule has 0 spiro atoms. The lowest BCUT2D eigenvalue weighted by atomic mass is 9.64. The first kappa shape index (κ1) is 18.0. The van der Waals surface area contributed by atoms with Crippen LogP contribution >= 0.6 is 0 Å². The van der Waals surface area contributed by atoms with E-state index in [9.17, 15) is 13.6 Å². The highest BCUT2D eigenvalue weighted by Gasteiger charge is 2.47. The van der Waals surface area contributed by atoms with Crippen molar-refractivity contribution in [2.75, 3.05) is 0 Å². The van der Waals surface area contributed by atoms with Gasteiger partial charge in [0.2, 0.25) is 11.7 Å². The number of rotatable bonds is 5. The van der Waals surface area contributed by atoms with E-state index < -0.39 is 17.0 Å². The topological polar surface area (TPSA) is 68.0 Å². The molecule has 2 aromatic carbocycles. The number of hydrogen-bond acceptors (Lipinski definition) is 4. The van der Waals surface area contributed by atoms with Gasteiger partial charge in [-0.15, -0.1) is 0 Å². The zero-order valence-electron chi connectivity index (χ0n) is 15.6. The van der Waals surface area contributed by atoms with Crippen molar-refractivity contribution in [3.05, 3.63) is 71.1 Å². The van der Waals surface area contributed by atoms with E-state index >= 15 is 0 Å². The Balaban J connectivity index is 1.41. The van der Waals surface area contributed by atoms with Crippen molar-refractivity contribution in [1.82, 2.24) is 15.5 Å². The summed E-state index contributed by atoms with van der Waals surface area (Å²) in [5, 5.41) is 7.00. The van der Waals surface area contributed by atoms with Crippen LogP contribution in [0.25, 0.3) is 11.4 Å². The van der Waals surface area contributed by atoms with Crippen molar-refractivity contribution in [2.45, 2.75) is 43.6 Å². The molecule has 0 radical (unpaired) electrons. The van der Waals surface area contributed by atoms with Crippen LogP contribution in [0.4, 0.5) is 8.78 Å². The zero-order valence-corrected chi connectivity index (χ0v) is 15.6. The number of benzene rings is 2. The molecule has 7 heteroatoms. The standard InChI is InChI=1S/C22H19F2N3O2/c23-15-6-9-17(18(24)12-15)22(10-1-11-22)21-26-19(27-29-21)13-2-4-14(5-3-13)20(28)25-16-7-8-16/h2-6,9,12,16H,1,7-8,10-11H2,(H,25,28). The van der Waals surface area contributed by atoms with Crippen LogP contribution < -0.4 is 5.32 Å². The zero-order chi connectivity index (χ0) is 20.0. The molecule has 0 unspecified atom stereocenters. The normalized spacial score (nSPS) is 17.6. The third-order valence-electron chi connectivity index (χ3n) is 5.81. The van der Waals surface area contributed by atoms with Gasteiger partial charge >= 0.3 is 0 Å². The van der Waals surface area contributed by atoms with Crippen LogP contribution in [0.3, 0.4) is 0 Å². The van der Waals surface area contributed by atoms with Crippen LogP contribution in [0.1, 0.15) is 53.9 Å². The van der Waals surface area contributed by atoms with E-state index in [0.717, 1.165) is 25.3 Å². The van der Waals surface area contributed by atoms with E-state index in [0.29, 0.717) is 47.3 Å². The van der Waals surface area contributed by atoms with Crippen molar-refractivity contribution in [1.29, 1.82) is 0 Å². The van der Waals surface area contributed by atoms with Crippen LogP contribution in [-0.4, -0.2) is 22.1 Å². The average molecular weight is 395 g/mol. The van der Waals surface area contributed by atoms with E-state index in [1.165, 1.54) is 12.1 Å². The fraction of sp³-hybridized carbons (Fsp3) is 0.318. The third-order valence-corrected chi connectivity index (χ3v) is 5.81. The van der Waals surface area contributed by atoms with Gasteiger partial charge in [0.15, 0.2) is 0 Å². The average Bonchev–Trinajstić information content (AvgIpc) is 3.36. The Morgan fingerprint density at radius 2 is 1.86 bits per heavy atom. The van der Waals surface area contributed by atoms with Crippen LogP contribution in [-0.2, 0) is 5.41 Å². The molecule has 3 aromatic rings. The largest absolute Gasteiger partial charge is 0.349 e. The molecular formula is C22H19F2N3O2. The summed E-state index contributed by atoms with van der Waals surface area (Å²) in [6, 6.07) is 10.9. The van der Waals surface area contributed by atoms with E-state index in [4.69, 9.17) is 4.52 Å². The number of hydrogen-bond donors (Lipinski definition) is 1. The van der Waals surface area contributed by atoms with Gasteiger partial charge in [-0.05, 0) is 43.9 Å². The van der Waals surface area contributed by atoms with Gasteiger partial charge in [-0.2, -0.15) is 4.98 Å². The van der Waals surface area contributed by atoms with Gasteiger partial charge in [-0.25, -0.2) is 8.78 Å². The number of aromatic nitrogens is 2. The molecule has 2 aliphatic rings. The van der Waals surface area contributed by atoms with Crippen LogP contribution in [0.2, 0.25) is 0 Å². The fourth-order valence-electron chi connectivity index (χ4n) is 3.81. The molecule has 1 amide bonds. The molecule has 0 aliphatic heterocycles. The minimum Gasteiger partial charge on any atom is -0.349 e. The minimum absolute atomic E-state index is 0.0898. The Kier molecular flexibility index (Phi) is 4.19. The summed E-state index contributed by atoms with van der Waals surface area (Å²) in [6.07, 6.45) is 4.30. The van der Waals surface area contributed by atoms with E-state index in [2.05, 4.69) is 15.5 Å². The Morgan fingerprint density at radius 3 is 2.48 bits per heavy atom. The minimum atomic E-state index is -0.715. The number of amides is 1. The first-order valence-corrected chi connectivity index (χ1v) is 9.76. The number of carbonyl (C=O) groups excluding carboxylic acids is 1. The molecule has 5 nitrogen and oxygen atoms in total. The van der Waals surface area contributed by atoms with E-state index in [1.54, 1.807) is 24.3 Å². The lowest BCUT2D eigenvalue weighted by Gasteiger charge is -2.38. The Labute approximate surface area is 166 Å². The highest BCUT2D eigenvalue weighted by molar-refractivity contribution is 5.94. The second-order valence-corrected chi connectivity index (χ2v) is 7.81. The predicted octanol–water partition coefficient (Wildman–Crippen LogP) is 4.38. The summed E-state index contributed by atoms with van der Waals surface area (Å²) >= 11 is 0. The maximum Gasteiger partial charge on any atom is 0.251 e. The van der Waals surface area contributed by atoms with Gasteiger partial charge in [-0.3, -0.25) is 4.79 Å². The number of nitrogens with one attached hydrogen (secondary N) is 1. The highest BCUT2D eigenvalue weighted by Crippen LogP contribution is 2.49. The third kappa shape index (κ3) is 3.20. The molecule has 1 aromatic heterocycles. The summed E-state index contributed by atoms with van der Waals surface area (Å²) < 4.78 is 33.3. The Hall–Kier alpha value is -3.09. The number of carbonyl (C=O) groups is 1. The summed E-state index contributed by atoms with van der Waals surface area (Å²) in [4.78, 5) is 16.6. The molecule has 29 heavy (non-hydrogen) atoms. The second-order valence-electron chi connectivity index (χ2n) is 7.81. The molecule has 0 atom stereocenters. The van der Waals surface area contributed by atoms with Crippen molar-refractivity contribution >= 4 is 5.91 Å². The van der Waals surface area contributed by atoms with Crippen molar-refractivity contribution in [2.24, 2.45) is 0 Å². The summed E-state index contributed by atoms with van der Waals surface area (Å²) in [7, 11) is 0. The number of halogens is 2. The predicted molar refractivity (Wildman–Crippen MR) is 101 cm³/mol. The molecule has 2 aliphatic carbocycles. The number of nitrogens with zero attached hydrogens (tertiary/aromatic N) is 2. The summed E-state index contributed by atoms with van der Waals surface area (Å²) in [5.74, 6) is -0.593. The molecule has 0 saturated heterocycles. The van der Waals surface area contributed by atoms with Gasteiger partial charge in [0.1, 0.15) is 11.6 Å². The smallest absolute Gasteiger partial charge is 0.251 e.